The van der Waals surface area contributed by atoms with Crippen LogP contribution in [0.1, 0.15) is 5.56 Å². The number of rotatable bonds is 3. The summed E-state index contributed by atoms with van der Waals surface area (Å²) in [6.07, 6.45) is 1.17. The first-order chi connectivity index (χ1) is 5.74. The van der Waals surface area contributed by atoms with Gasteiger partial charge in [0.25, 0.3) is 0 Å². The second kappa shape index (κ2) is 4.04. The predicted octanol–water partition coefficient (Wildman–Crippen LogP) is -0.892. The SMILES string of the molecule is O=CCc1ccc(B(O)O)cc1. The highest BCUT2D eigenvalue weighted by atomic mass is 16.4. The number of hydrogen-bond donors (Lipinski definition) is 2. The van der Waals surface area contributed by atoms with Gasteiger partial charge in [0.1, 0.15) is 6.29 Å². The molecule has 1 aromatic rings. The van der Waals surface area contributed by atoms with Crippen molar-refractivity contribution in [2.24, 2.45) is 0 Å². The van der Waals surface area contributed by atoms with E-state index in [-0.39, 0.29) is 0 Å². The molecule has 0 amide bonds. The van der Waals surface area contributed by atoms with E-state index >= 15 is 0 Å². The van der Waals surface area contributed by atoms with Crippen LogP contribution in [0, 0.1) is 0 Å². The number of hydrogen-bond acceptors (Lipinski definition) is 3. The average Bonchev–Trinajstić information content (AvgIpc) is 2.06. The van der Waals surface area contributed by atoms with Crippen molar-refractivity contribution in [3.8, 4) is 0 Å². The highest BCUT2D eigenvalue weighted by molar-refractivity contribution is 6.58. The summed E-state index contributed by atoms with van der Waals surface area (Å²) in [6.45, 7) is 0. The minimum absolute atomic E-state index is 0.363. The van der Waals surface area contributed by atoms with Crippen molar-refractivity contribution in [2.75, 3.05) is 0 Å². The van der Waals surface area contributed by atoms with Gasteiger partial charge in [0.05, 0.1) is 0 Å². The van der Waals surface area contributed by atoms with E-state index in [9.17, 15) is 4.79 Å². The third kappa shape index (κ3) is 2.18. The number of aldehydes is 1. The van der Waals surface area contributed by atoms with Gasteiger partial charge in [-0.2, -0.15) is 0 Å². The van der Waals surface area contributed by atoms with Gasteiger partial charge >= 0.3 is 7.12 Å². The van der Waals surface area contributed by atoms with Crippen LogP contribution in [0.3, 0.4) is 0 Å². The summed E-state index contributed by atoms with van der Waals surface area (Å²) in [5.74, 6) is 0. The van der Waals surface area contributed by atoms with Crippen LogP contribution in [0.5, 0.6) is 0 Å². The van der Waals surface area contributed by atoms with Crippen molar-refractivity contribution in [2.45, 2.75) is 6.42 Å². The maximum atomic E-state index is 10.1. The van der Waals surface area contributed by atoms with E-state index in [4.69, 9.17) is 10.0 Å². The molecule has 0 fully saturated rings. The monoisotopic (exact) mass is 164 g/mol. The molecule has 4 heteroatoms. The third-order valence-corrected chi connectivity index (χ3v) is 1.60. The van der Waals surface area contributed by atoms with E-state index in [0.717, 1.165) is 11.8 Å². The summed E-state index contributed by atoms with van der Waals surface area (Å²) in [7, 11) is -1.43. The molecule has 12 heavy (non-hydrogen) atoms. The zero-order chi connectivity index (χ0) is 8.97. The highest BCUT2D eigenvalue weighted by Crippen LogP contribution is 1.96. The molecule has 0 radical (unpaired) electrons. The molecule has 62 valence electrons. The fourth-order valence-corrected chi connectivity index (χ4v) is 0.922. The quantitative estimate of drug-likeness (QED) is 0.450. The second-order valence-electron chi connectivity index (χ2n) is 2.49. The zero-order valence-electron chi connectivity index (χ0n) is 6.47. The van der Waals surface area contributed by atoms with E-state index in [1.54, 1.807) is 24.3 Å². The van der Waals surface area contributed by atoms with Gasteiger partial charge < -0.3 is 14.8 Å². The topological polar surface area (TPSA) is 57.5 Å². The van der Waals surface area contributed by atoms with E-state index < -0.39 is 7.12 Å². The molecule has 0 aliphatic carbocycles. The summed E-state index contributed by atoms with van der Waals surface area (Å²) < 4.78 is 0. The van der Waals surface area contributed by atoms with E-state index in [2.05, 4.69) is 0 Å². The molecule has 1 aromatic carbocycles. The average molecular weight is 164 g/mol. The van der Waals surface area contributed by atoms with E-state index in [1.165, 1.54) is 0 Å². The van der Waals surface area contributed by atoms with Crippen molar-refractivity contribution in [1.29, 1.82) is 0 Å². The lowest BCUT2D eigenvalue weighted by Crippen LogP contribution is -2.29. The molecule has 3 nitrogen and oxygen atoms in total. The lowest BCUT2D eigenvalue weighted by Gasteiger charge is -1.99. The Labute approximate surface area is 70.8 Å². The second-order valence-corrected chi connectivity index (χ2v) is 2.49. The minimum atomic E-state index is -1.43. The molecule has 0 spiro atoms. The summed E-state index contributed by atoms with van der Waals surface area (Å²) in [5.41, 5.74) is 1.30. The fourth-order valence-electron chi connectivity index (χ4n) is 0.922. The van der Waals surface area contributed by atoms with Crippen molar-refractivity contribution in [3.63, 3.8) is 0 Å². The smallest absolute Gasteiger partial charge is 0.423 e. The Balaban J connectivity index is 2.78. The van der Waals surface area contributed by atoms with Gasteiger partial charge in [-0.25, -0.2) is 0 Å². The molecule has 0 aromatic heterocycles. The molecule has 0 saturated heterocycles. The van der Waals surface area contributed by atoms with Crippen molar-refractivity contribution in [1.82, 2.24) is 0 Å². The van der Waals surface area contributed by atoms with Crippen LogP contribution in [-0.2, 0) is 11.2 Å². The summed E-state index contributed by atoms with van der Waals surface area (Å²) in [4.78, 5) is 10.1. The minimum Gasteiger partial charge on any atom is -0.423 e. The maximum Gasteiger partial charge on any atom is 0.488 e. The molecule has 0 aliphatic rings. The Morgan fingerprint density at radius 1 is 1.25 bits per heavy atom. The van der Waals surface area contributed by atoms with Crippen LogP contribution in [-0.4, -0.2) is 23.5 Å². The molecular weight excluding hydrogens is 155 g/mol. The standard InChI is InChI=1S/C8H9BO3/c10-6-5-7-1-3-8(4-2-7)9(11)12/h1-4,6,11-12H,5H2. The Bertz CT molecular complexity index is 256. The van der Waals surface area contributed by atoms with E-state index in [0.29, 0.717) is 11.9 Å². The van der Waals surface area contributed by atoms with Crippen LogP contribution in [0.2, 0.25) is 0 Å². The molecular formula is C8H9BO3. The maximum absolute atomic E-state index is 10.1. The lowest BCUT2D eigenvalue weighted by molar-refractivity contribution is -0.107. The van der Waals surface area contributed by atoms with Crippen molar-refractivity contribution >= 4 is 18.9 Å². The first-order valence-corrected chi connectivity index (χ1v) is 3.62. The van der Waals surface area contributed by atoms with Crippen LogP contribution >= 0.6 is 0 Å². The van der Waals surface area contributed by atoms with Crippen LogP contribution in [0.25, 0.3) is 0 Å². The molecule has 1 rings (SSSR count). The lowest BCUT2D eigenvalue weighted by atomic mass is 9.80. The molecule has 0 heterocycles. The fraction of sp³-hybridized carbons (Fsp3) is 0.125. The Morgan fingerprint density at radius 2 is 1.83 bits per heavy atom. The first kappa shape index (κ1) is 8.97. The molecule has 0 saturated carbocycles. The first-order valence-electron chi connectivity index (χ1n) is 3.62. The highest BCUT2D eigenvalue weighted by Gasteiger charge is 2.09. The van der Waals surface area contributed by atoms with Crippen LogP contribution in [0.4, 0.5) is 0 Å². The third-order valence-electron chi connectivity index (χ3n) is 1.60. The Morgan fingerprint density at radius 3 is 2.25 bits per heavy atom. The molecule has 0 atom stereocenters. The Kier molecular flexibility index (Phi) is 3.02. The van der Waals surface area contributed by atoms with Crippen LogP contribution in [0.15, 0.2) is 24.3 Å². The van der Waals surface area contributed by atoms with Crippen LogP contribution < -0.4 is 5.46 Å². The van der Waals surface area contributed by atoms with Gasteiger partial charge in [-0.3, -0.25) is 0 Å². The molecule has 0 unspecified atom stereocenters. The number of carbonyl (C=O) groups is 1. The molecule has 0 aliphatic heterocycles. The normalized spacial score (nSPS) is 9.50. The summed E-state index contributed by atoms with van der Waals surface area (Å²) in [6, 6.07) is 6.57. The molecule has 2 N–H and O–H groups in total. The number of carbonyl (C=O) groups excluding carboxylic acids is 1. The van der Waals surface area contributed by atoms with Gasteiger partial charge in [-0.05, 0) is 11.0 Å². The van der Waals surface area contributed by atoms with Gasteiger partial charge in [0.15, 0.2) is 0 Å². The van der Waals surface area contributed by atoms with Crippen molar-refractivity contribution < 1.29 is 14.8 Å². The largest absolute Gasteiger partial charge is 0.488 e. The Hall–Kier alpha value is -1.13. The molecule has 0 bridgehead atoms. The number of benzene rings is 1. The van der Waals surface area contributed by atoms with Gasteiger partial charge in [-0.15, -0.1) is 0 Å². The van der Waals surface area contributed by atoms with Gasteiger partial charge in [-0.1, -0.05) is 24.3 Å². The van der Waals surface area contributed by atoms with Crippen molar-refractivity contribution in [3.05, 3.63) is 29.8 Å². The van der Waals surface area contributed by atoms with E-state index in [1.807, 2.05) is 0 Å². The summed E-state index contributed by atoms with van der Waals surface area (Å²) >= 11 is 0. The van der Waals surface area contributed by atoms with Gasteiger partial charge in [0, 0.05) is 6.42 Å². The van der Waals surface area contributed by atoms with Gasteiger partial charge in [0.2, 0.25) is 0 Å². The summed E-state index contributed by atoms with van der Waals surface area (Å²) in [5, 5.41) is 17.5. The predicted molar refractivity (Wildman–Crippen MR) is 46.0 cm³/mol. The zero-order valence-corrected chi connectivity index (χ0v) is 6.47.